The fourth-order valence-corrected chi connectivity index (χ4v) is 3.40. The lowest BCUT2D eigenvalue weighted by Crippen LogP contribution is -2.17. The Kier molecular flexibility index (Phi) is 7.60. The van der Waals surface area contributed by atoms with Crippen molar-refractivity contribution in [1.82, 2.24) is 4.98 Å². The molecule has 0 aliphatic rings. The van der Waals surface area contributed by atoms with Gasteiger partial charge < -0.3 is 19.9 Å². The van der Waals surface area contributed by atoms with E-state index in [2.05, 4.69) is 10.3 Å². The zero-order valence-electron chi connectivity index (χ0n) is 18.5. The Bertz CT molecular complexity index is 1310. The Morgan fingerprint density at radius 3 is 2.31 bits per heavy atom. The number of nitrogens with one attached hydrogen (secondary N) is 1. The van der Waals surface area contributed by atoms with Crippen LogP contribution in [0.4, 0.5) is 5.69 Å². The summed E-state index contributed by atoms with van der Waals surface area (Å²) in [6, 6.07) is 24.7. The van der Waals surface area contributed by atoms with Crippen LogP contribution >= 0.6 is 11.6 Å². The van der Waals surface area contributed by atoms with Crippen molar-refractivity contribution in [3.8, 4) is 17.4 Å². The number of carbonyl (C=O) groups is 2. The molecule has 0 spiro atoms. The van der Waals surface area contributed by atoms with Gasteiger partial charge in [0, 0.05) is 17.3 Å². The number of hydrogen-bond donors (Lipinski definition) is 2. The number of aromatic nitrogens is 1. The van der Waals surface area contributed by atoms with E-state index in [-0.39, 0.29) is 28.6 Å². The number of carboxylic acid groups (broad SMARTS) is 1. The molecule has 176 valence electrons. The SMILES string of the molecule is O=C(Cc1ccc(Oc2ccc(OCc3ccccc3)cc2)nc1)Nc1ccc(Cl)cc1C(=O)O. The summed E-state index contributed by atoms with van der Waals surface area (Å²) < 4.78 is 11.5. The van der Waals surface area contributed by atoms with Gasteiger partial charge in [0.05, 0.1) is 17.7 Å². The summed E-state index contributed by atoms with van der Waals surface area (Å²) >= 11 is 5.84. The molecule has 0 aliphatic carbocycles. The molecule has 0 bridgehead atoms. The second-order valence-electron chi connectivity index (χ2n) is 7.57. The van der Waals surface area contributed by atoms with Crippen LogP contribution in [0, 0.1) is 0 Å². The standard InChI is InChI=1S/C27H21ClN2O5/c28-20-7-12-24(23(15-20)27(32)33)30-25(31)14-19-6-13-26(29-16-19)35-22-10-8-21(9-11-22)34-17-18-4-2-1-3-5-18/h1-13,15-16H,14,17H2,(H,30,31)(H,32,33). The molecule has 0 saturated heterocycles. The maximum atomic E-state index is 12.4. The van der Waals surface area contributed by atoms with Crippen molar-refractivity contribution >= 4 is 29.2 Å². The highest BCUT2D eigenvalue weighted by atomic mass is 35.5. The zero-order valence-corrected chi connectivity index (χ0v) is 19.2. The van der Waals surface area contributed by atoms with Gasteiger partial charge in [-0.2, -0.15) is 0 Å². The van der Waals surface area contributed by atoms with Crippen LogP contribution in [0.15, 0.2) is 91.1 Å². The smallest absolute Gasteiger partial charge is 0.337 e. The van der Waals surface area contributed by atoms with E-state index in [4.69, 9.17) is 21.1 Å². The van der Waals surface area contributed by atoms with Crippen molar-refractivity contribution in [2.45, 2.75) is 13.0 Å². The van der Waals surface area contributed by atoms with Gasteiger partial charge in [0.2, 0.25) is 11.8 Å². The molecule has 35 heavy (non-hydrogen) atoms. The number of rotatable bonds is 9. The molecule has 0 unspecified atom stereocenters. The van der Waals surface area contributed by atoms with Gasteiger partial charge in [0.15, 0.2) is 0 Å². The van der Waals surface area contributed by atoms with Crippen LogP contribution in [0.1, 0.15) is 21.5 Å². The molecule has 0 saturated carbocycles. The molecule has 1 heterocycles. The largest absolute Gasteiger partial charge is 0.489 e. The number of anilines is 1. The van der Waals surface area contributed by atoms with E-state index in [0.717, 1.165) is 11.3 Å². The van der Waals surface area contributed by atoms with Crippen molar-refractivity contribution in [3.05, 3.63) is 113 Å². The van der Waals surface area contributed by atoms with Gasteiger partial charge in [0.25, 0.3) is 0 Å². The minimum atomic E-state index is -1.18. The Labute approximate surface area is 206 Å². The molecule has 2 N–H and O–H groups in total. The second-order valence-corrected chi connectivity index (χ2v) is 8.01. The number of pyridine rings is 1. The lowest BCUT2D eigenvalue weighted by molar-refractivity contribution is -0.115. The quantitative estimate of drug-likeness (QED) is 0.300. The van der Waals surface area contributed by atoms with E-state index >= 15 is 0 Å². The Balaban J connectivity index is 1.30. The zero-order chi connectivity index (χ0) is 24.6. The highest BCUT2D eigenvalue weighted by Gasteiger charge is 2.14. The van der Waals surface area contributed by atoms with Crippen LogP contribution in [0.3, 0.4) is 0 Å². The van der Waals surface area contributed by atoms with Crippen molar-refractivity contribution in [2.75, 3.05) is 5.32 Å². The maximum absolute atomic E-state index is 12.4. The molecule has 3 aromatic carbocycles. The Morgan fingerprint density at radius 1 is 0.886 bits per heavy atom. The van der Waals surface area contributed by atoms with E-state index in [0.29, 0.717) is 23.8 Å². The van der Waals surface area contributed by atoms with Crippen molar-refractivity contribution < 1.29 is 24.2 Å². The van der Waals surface area contributed by atoms with Gasteiger partial charge in [0.1, 0.15) is 18.1 Å². The molecule has 8 heteroatoms. The van der Waals surface area contributed by atoms with E-state index in [9.17, 15) is 14.7 Å². The van der Waals surface area contributed by atoms with E-state index in [1.54, 1.807) is 24.3 Å². The molecular formula is C27H21ClN2O5. The van der Waals surface area contributed by atoms with Crippen molar-refractivity contribution in [3.63, 3.8) is 0 Å². The molecule has 0 atom stereocenters. The number of benzene rings is 3. The third-order valence-electron chi connectivity index (χ3n) is 4.94. The molecule has 4 aromatic rings. The van der Waals surface area contributed by atoms with Gasteiger partial charge in [-0.05, 0) is 53.6 Å². The summed E-state index contributed by atoms with van der Waals surface area (Å²) in [6.07, 6.45) is 1.55. The molecule has 4 rings (SSSR count). The van der Waals surface area contributed by atoms with Crippen molar-refractivity contribution in [1.29, 1.82) is 0 Å². The summed E-state index contributed by atoms with van der Waals surface area (Å²) in [6.45, 7) is 0.479. The van der Waals surface area contributed by atoms with E-state index in [1.807, 2.05) is 42.5 Å². The van der Waals surface area contributed by atoms with Crippen LogP contribution in [0.25, 0.3) is 0 Å². The highest BCUT2D eigenvalue weighted by molar-refractivity contribution is 6.31. The fourth-order valence-electron chi connectivity index (χ4n) is 3.22. The van der Waals surface area contributed by atoms with Gasteiger partial charge in [-0.25, -0.2) is 9.78 Å². The average molecular weight is 489 g/mol. The minimum absolute atomic E-state index is 0.0163. The first kappa shape index (κ1) is 23.8. The van der Waals surface area contributed by atoms with Crippen LogP contribution < -0.4 is 14.8 Å². The first-order chi connectivity index (χ1) is 17.0. The van der Waals surface area contributed by atoms with Crippen LogP contribution in [0.2, 0.25) is 5.02 Å². The summed E-state index contributed by atoms with van der Waals surface area (Å²) in [5.41, 5.74) is 1.83. The predicted molar refractivity (Wildman–Crippen MR) is 132 cm³/mol. The lowest BCUT2D eigenvalue weighted by Gasteiger charge is -2.10. The van der Waals surface area contributed by atoms with Gasteiger partial charge in [-0.1, -0.05) is 48.0 Å². The van der Waals surface area contributed by atoms with Crippen LogP contribution in [-0.4, -0.2) is 22.0 Å². The summed E-state index contributed by atoms with van der Waals surface area (Å²) in [4.78, 5) is 28.0. The van der Waals surface area contributed by atoms with E-state index < -0.39 is 5.97 Å². The molecule has 1 amide bonds. The number of halogens is 1. The summed E-state index contributed by atoms with van der Waals surface area (Å²) in [7, 11) is 0. The number of hydrogen-bond acceptors (Lipinski definition) is 5. The topological polar surface area (TPSA) is 97.8 Å². The van der Waals surface area contributed by atoms with E-state index in [1.165, 1.54) is 24.4 Å². The van der Waals surface area contributed by atoms with Crippen LogP contribution in [-0.2, 0) is 17.8 Å². The Morgan fingerprint density at radius 2 is 1.63 bits per heavy atom. The number of nitrogens with zero attached hydrogens (tertiary/aromatic N) is 1. The lowest BCUT2D eigenvalue weighted by atomic mass is 10.1. The molecule has 1 aromatic heterocycles. The molecule has 0 fully saturated rings. The number of carbonyl (C=O) groups excluding carboxylic acids is 1. The van der Waals surface area contributed by atoms with Crippen LogP contribution in [0.5, 0.6) is 17.4 Å². The monoisotopic (exact) mass is 488 g/mol. The highest BCUT2D eigenvalue weighted by Crippen LogP contribution is 2.24. The normalized spacial score (nSPS) is 10.4. The second kappa shape index (κ2) is 11.2. The van der Waals surface area contributed by atoms with Gasteiger partial charge in [-0.3, -0.25) is 4.79 Å². The molecular weight excluding hydrogens is 468 g/mol. The molecule has 0 aliphatic heterocycles. The molecule has 0 radical (unpaired) electrons. The third-order valence-corrected chi connectivity index (χ3v) is 5.18. The third kappa shape index (κ3) is 6.82. The summed E-state index contributed by atoms with van der Waals surface area (Å²) in [5.74, 6) is 0.136. The Hall–Kier alpha value is -4.36. The first-order valence-electron chi connectivity index (χ1n) is 10.7. The number of amides is 1. The predicted octanol–water partition coefficient (Wildman–Crippen LogP) is 5.99. The minimum Gasteiger partial charge on any atom is -0.489 e. The molecule has 7 nitrogen and oxygen atoms in total. The average Bonchev–Trinajstić information content (AvgIpc) is 2.86. The van der Waals surface area contributed by atoms with Gasteiger partial charge in [-0.15, -0.1) is 0 Å². The number of ether oxygens (including phenoxy) is 2. The number of carboxylic acids is 1. The fraction of sp³-hybridized carbons (Fsp3) is 0.0741. The van der Waals surface area contributed by atoms with Gasteiger partial charge >= 0.3 is 5.97 Å². The van der Waals surface area contributed by atoms with Crippen molar-refractivity contribution in [2.24, 2.45) is 0 Å². The summed E-state index contributed by atoms with van der Waals surface area (Å²) in [5, 5.41) is 12.2. The number of aromatic carboxylic acids is 1. The maximum Gasteiger partial charge on any atom is 0.337 e. The first-order valence-corrected chi connectivity index (χ1v) is 11.1.